The number of carboxylic acids is 1. The van der Waals surface area contributed by atoms with Crippen molar-refractivity contribution in [3.05, 3.63) is 80.1 Å². The number of ether oxygens (including phenoxy) is 2. The number of carbonyl (C=O) groups excluding carboxylic acids is 1. The van der Waals surface area contributed by atoms with E-state index in [1.807, 2.05) is 58.3 Å². The van der Waals surface area contributed by atoms with Crippen LogP contribution in [0.15, 0.2) is 46.9 Å². The molecule has 18 heteroatoms. The van der Waals surface area contributed by atoms with Crippen LogP contribution in [0.5, 0.6) is 11.5 Å². The molecular weight excluding hydrogens is 873 g/mol. The number of anilines is 4. The SMILES string of the molecule is CC(C)Oc1cc2c(cc1Nc1ncnc3sc4c(c13)CCC(C(=O)N(C)CC(F)F)C4)C=NC2.CC(C)Oc1cc2c(cc1Nc1ncnc3sc4c(c13)CCC(C(=O)O)C4)C=NC2. The molecule has 0 saturated heterocycles. The number of aromatic nitrogens is 4. The topological polar surface area (TPSA) is 176 Å². The van der Waals surface area contributed by atoms with Gasteiger partial charge >= 0.3 is 5.97 Å². The molecule has 6 aromatic rings. The van der Waals surface area contributed by atoms with Gasteiger partial charge in [0.05, 0.1) is 59.9 Å². The maximum Gasteiger partial charge on any atom is 0.306 e. The van der Waals surface area contributed by atoms with Gasteiger partial charge in [0.1, 0.15) is 45.5 Å². The fraction of sp³-hybridized carbons (Fsp3) is 0.404. The predicted molar refractivity (Wildman–Crippen MR) is 251 cm³/mol. The van der Waals surface area contributed by atoms with Crippen LogP contribution >= 0.6 is 22.7 Å². The predicted octanol–water partition coefficient (Wildman–Crippen LogP) is 9.33. The summed E-state index contributed by atoms with van der Waals surface area (Å²) < 4.78 is 37.7. The molecule has 65 heavy (non-hydrogen) atoms. The molecule has 2 aromatic carbocycles. The zero-order valence-corrected chi connectivity index (χ0v) is 38.3. The van der Waals surface area contributed by atoms with Gasteiger partial charge < -0.3 is 30.1 Å². The van der Waals surface area contributed by atoms with Crippen LogP contribution in [-0.2, 0) is 48.4 Å². The Hall–Kier alpha value is -6.14. The third kappa shape index (κ3) is 9.23. The molecule has 1 amide bonds. The number of aliphatic imine (C=N–C) groups is 2. The van der Waals surface area contributed by atoms with E-state index in [1.165, 1.54) is 18.9 Å². The van der Waals surface area contributed by atoms with Crippen LogP contribution in [-0.4, -0.2) is 86.5 Å². The summed E-state index contributed by atoms with van der Waals surface area (Å²) in [5.41, 5.74) is 8.35. The number of fused-ring (bicyclic) bond motifs is 8. The third-order valence-corrected chi connectivity index (χ3v) is 14.2. The Morgan fingerprint density at radius 1 is 0.754 bits per heavy atom. The van der Waals surface area contributed by atoms with E-state index >= 15 is 0 Å². The minimum absolute atomic E-state index is 0.00733. The summed E-state index contributed by atoms with van der Waals surface area (Å²) in [6.45, 7) is 8.76. The van der Waals surface area contributed by atoms with Crippen molar-refractivity contribution in [3.63, 3.8) is 0 Å². The van der Waals surface area contributed by atoms with Crippen molar-refractivity contribution in [2.24, 2.45) is 21.8 Å². The molecule has 10 rings (SSSR count). The second kappa shape index (κ2) is 18.4. The van der Waals surface area contributed by atoms with Crippen molar-refractivity contribution in [2.75, 3.05) is 24.2 Å². The molecule has 2 atom stereocenters. The van der Waals surface area contributed by atoms with E-state index in [1.54, 1.807) is 29.0 Å². The minimum atomic E-state index is -2.54. The summed E-state index contributed by atoms with van der Waals surface area (Å²) in [5, 5.41) is 18.3. The summed E-state index contributed by atoms with van der Waals surface area (Å²) in [4.78, 5) is 55.9. The summed E-state index contributed by atoms with van der Waals surface area (Å²) >= 11 is 3.12. The highest BCUT2D eigenvalue weighted by Gasteiger charge is 2.32. The highest BCUT2D eigenvalue weighted by Crippen LogP contribution is 2.44. The fourth-order valence-corrected chi connectivity index (χ4v) is 11.4. The first-order chi connectivity index (χ1) is 31.3. The Morgan fingerprint density at radius 3 is 1.69 bits per heavy atom. The van der Waals surface area contributed by atoms with E-state index in [2.05, 4.69) is 46.6 Å². The number of aryl methyl sites for hydroxylation is 2. The lowest BCUT2D eigenvalue weighted by Crippen LogP contribution is -2.38. The highest BCUT2D eigenvalue weighted by atomic mass is 32.1. The molecule has 338 valence electrons. The van der Waals surface area contributed by atoms with Crippen molar-refractivity contribution >= 4 is 90.4 Å². The van der Waals surface area contributed by atoms with Crippen LogP contribution in [0.25, 0.3) is 20.4 Å². The Labute approximate surface area is 382 Å². The molecule has 0 spiro atoms. The van der Waals surface area contributed by atoms with Crippen LogP contribution < -0.4 is 20.1 Å². The lowest BCUT2D eigenvalue weighted by Gasteiger charge is -2.26. The number of carboxylic acid groups (broad SMARTS) is 1. The number of rotatable bonds is 12. The molecule has 0 saturated carbocycles. The van der Waals surface area contributed by atoms with Gasteiger partial charge in [-0.25, -0.2) is 28.7 Å². The number of aliphatic carboxylic acids is 1. The second-order valence-corrected chi connectivity index (χ2v) is 19.4. The number of carbonyl (C=O) groups is 2. The number of hydrogen-bond acceptors (Lipinski definition) is 14. The van der Waals surface area contributed by atoms with Crippen molar-refractivity contribution in [1.29, 1.82) is 0 Å². The first-order valence-electron chi connectivity index (χ1n) is 21.8. The van der Waals surface area contributed by atoms with E-state index in [0.717, 1.165) is 98.0 Å². The van der Waals surface area contributed by atoms with E-state index in [0.29, 0.717) is 51.0 Å². The molecule has 0 fully saturated rings. The standard InChI is InChI=1S/C25H27F2N5O2S.C22H22N4O3S/c1-13(2)34-19-7-16-10-28-9-15(16)6-18(19)31-23-22-17-5-4-14(25(33)32(3)11-21(26)27)8-20(17)35-24(22)30-12-29-23;1-11(2)29-17-6-14-9-23-8-13(14)5-16(17)26-20-19-15-4-3-12(22(27)28)7-18(15)30-21(19)25-10-24-20/h6-7,9,12-14,21H,4-5,8,10-11H2,1-3H3,(H,29,30,31);5-6,8,10-12H,3-4,7,9H2,1-2H3,(H,27,28)(H,24,25,26). The number of alkyl halides is 2. The molecule has 2 aliphatic carbocycles. The third-order valence-electron chi connectivity index (χ3n) is 11.9. The molecule has 14 nitrogen and oxygen atoms in total. The van der Waals surface area contributed by atoms with Gasteiger partial charge in [0, 0.05) is 35.1 Å². The summed E-state index contributed by atoms with van der Waals surface area (Å²) in [6, 6.07) is 8.16. The fourth-order valence-electron chi connectivity index (χ4n) is 8.87. The quantitative estimate of drug-likeness (QED) is 0.107. The van der Waals surface area contributed by atoms with E-state index in [4.69, 9.17) is 9.47 Å². The minimum Gasteiger partial charge on any atom is -0.489 e. The Kier molecular flexibility index (Phi) is 12.5. The van der Waals surface area contributed by atoms with Gasteiger partial charge in [-0.2, -0.15) is 0 Å². The highest BCUT2D eigenvalue weighted by molar-refractivity contribution is 7.19. The largest absolute Gasteiger partial charge is 0.489 e. The molecule has 4 aromatic heterocycles. The first-order valence-corrected chi connectivity index (χ1v) is 23.4. The average Bonchev–Trinajstić information content (AvgIpc) is 4.07. The lowest BCUT2D eigenvalue weighted by molar-refractivity contribution is -0.142. The summed E-state index contributed by atoms with van der Waals surface area (Å²) in [7, 11) is 1.45. The molecular formula is C47H49F2N9O5S2. The molecule has 2 aliphatic heterocycles. The molecule has 0 bridgehead atoms. The van der Waals surface area contributed by atoms with Crippen LogP contribution in [0, 0.1) is 11.8 Å². The van der Waals surface area contributed by atoms with Gasteiger partial charge in [0.2, 0.25) is 5.91 Å². The van der Waals surface area contributed by atoms with Crippen LogP contribution in [0.4, 0.5) is 31.8 Å². The van der Waals surface area contributed by atoms with Gasteiger partial charge in [0.25, 0.3) is 6.43 Å². The number of nitrogens with one attached hydrogen (secondary N) is 2. The van der Waals surface area contributed by atoms with Gasteiger partial charge in [-0.05, 0) is 124 Å². The number of thiophene rings is 2. The van der Waals surface area contributed by atoms with Crippen LogP contribution in [0.3, 0.4) is 0 Å². The monoisotopic (exact) mass is 921 g/mol. The molecule has 0 radical (unpaired) electrons. The van der Waals surface area contributed by atoms with Gasteiger partial charge in [0.15, 0.2) is 0 Å². The molecule has 4 aliphatic rings. The van der Waals surface area contributed by atoms with Gasteiger partial charge in [-0.1, -0.05) is 0 Å². The Balaban J connectivity index is 0.000000166. The second-order valence-electron chi connectivity index (χ2n) is 17.3. The maximum atomic E-state index is 12.8. The van der Waals surface area contributed by atoms with Crippen molar-refractivity contribution in [3.8, 4) is 11.5 Å². The maximum absolute atomic E-state index is 12.8. The van der Waals surface area contributed by atoms with Crippen molar-refractivity contribution in [1.82, 2.24) is 24.8 Å². The number of hydrogen-bond donors (Lipinski definition) is 3. The van der Waals surface area contributed by atoms with Gasteiger partial charge in [-0.15, -0.1) is 22.7 Å². The normalized spacial score (nSPS) is 16.9. The molecule has 3 N–H and O–H groups in total. The lowest BCUT2D eigenvalue weighted by atomic mass is 9.87. The smallest absolute Gasteiger partial charge is 0.306 e. The van der Waals surface area contributed by atoms with Crippen molar-refractivity contribution in [2.45, 2.75) is 97.9 Å². The zero-order valence-electron chi connectivity index (χ0n) is 36.7. The Morgan fingerprint density at radius 2 is 1.23 bits per heavy atom. The number of nitrogens with zero attached hydrogens (tertiary/aromatic N) is 7. The summed E-state index contributed by atoms with van der Waals surface area (Å²) in [6.07, 6.45) is 8.07. The van der Waals surface area contributed by atoms with E-state index in [9.17, 15) is 23.5 Å². The van der Waals surface area contributed by atoms with Crippen LogP contribution in [0.2, 0.25) is 0 Å². The van der Waals surface area contributed by atoms with Crippen molar-refractivity contribution < 1.29 is 33.0 Å². The average molecular weight is 922 g/mol. The molecule has 6 heterocycles. The summed E-state index contributed by atoms with van der Waals surface area (Å²) in [5.74, 6) is 1.36. The Bertz CT molecular complexity index is 2880. The number of amides is 1. The van der Waals surface area contributed by atoms with Gasteiger partial charge in [-0.3, -0.25) is 19.6 Å². The van der Waals surface area contributed by atoms with E-state index in [-0.39, 0.29) is 30.0 Å². The number of halogens is 2. The van der Waals surface area contributed by atoms with E-state index < -0.39 is 18.9 Å². The first kappa shape index (κ1) is 44.1. The van der Waals surface area contributed by atoms with Crippen LogP contribution in [0.1, 0.15) is 83.7 Å². The zero-order chi connectivity index (χ0) is 45.5. The number of benzene rings is 2. The molecule has 2 unspecified atom stereocenters.